The molecule has 3 nitrogen and oxygen atoms in total. The molecule has 0 unspecified atom stereocenters. The third-order valence-corrected chi connectivity index (χ3v) is 4.30. The SMILES string of the molecule is O=C(CCN1CCN(C2CC2)CC1)c1ccccc1F. The van der Waals surface area contributed by atoms with E-state index in [1.807, 2.05) is 0 Å². The minimum atomic E-state index is -0.406. The number of nitrogens with zero attached hydrogens (tertiary/aromatic N) is 2. The van der Waals surface area contributed by atoms with Gasteiger partial charge in [0.1, 0.15) is 5.82 Å². The van der Waals surface area contributed by atoms with E-state index in [2.05, 4.69) is 9.80 Å². The van der Waals surface area contributed by atoms with Gasteiger partial charge in [-0.2, -0.15) is 0 Å². The number of halogens is 1. The molecule has 1 aliphatic carbocycles. The Labute approximate surface area is 119 Å². The number of carbonyl (C=O) groups is 1. The van der Waals surface area contributed by atoms with Crippen molar-refractivity contribution < 1.29 is 9.18 Å². The van der Waals surface area contributed by atoms with Crippen molar-refractivity contribution in [3.63, 3.8) is 0 Å². The van der Waals surface area contributed by atoms with E-state index >= 15 is 0 Å². The highest BCUT2D eigenvalue weighted by Gasteiger charge is 2.31. The summed E-state index contributed by atoms with van der Waals surface area (Å²) in [6.07, 6.45) is 3.11. The molecule has 0 bridgehead atoms. The molecule has 4 heteroatoms. The molecule has 0 radical (unpaired) electrons. The Morgan fingerprint density at radius 2 is 1.85 bits per heavy atom. The van der Waals surface area contributed by atoms with Crippen LogP contribution in [-0.2, 0) is 0 Å². The minimum absolute atomic E-state index is 0.0901. The lowest BCUT2D eigenvalue weighted by atomic mass is 10.1. The van der Waals surface area contributed by atoms with Crippen LogP contribution in [-0.4, -0.2) is 54.3 Å². The van der Waals surface area contributed by atoms with E-state index in [4.69, 9.17) is 0 Å². The number of ketones is 1. The average molecular weight is 276 g/mol. The first kappa shape index (κ1) is 13.7. The van der Waals surface area contributed by atoms with Gasteiger partial charge in [0.15, 0.2) is 5.78 Å². The Morgan fingerprint density at radius 1 is 1.15 bits per heavy atom. The van der Waals surface area contributed by atoms with Crippen molar-refractivity contribution in [1.82, 2.24) is 9.80 Å². The van der Waals surface area contributed by atoms with Crippen molar-refractivity contribution in [2.24, 2.45) is 0 Å². The maximum Gasteiger partial charge on any atom is 0.167 e. The Kier molecular flexibility index (Phi) is 4.13. The summed E-state index contributed by atoms with van der Waals surface area (Å²) >= 11 is 0. The van der Waals surface area contributed by atoms with Gasteiger partial charge in [-0.25, -0.2) is 4.39 Å². The fraction of sp³-hybridized carbons (Fsp3) is 0.562. The molecule has 20 heavy (non-hydrogen) atoms. The zero-order valence-corrected chi connectivity index (χ0v) is 11.7. The number of rotatable bonds is 5. The minimum Gasteiger partial charge on any atom is -0.300 e. The molecule has 1 aromatic carbocycles. The van der Waals surface area contributed by atoms with Gasteiger partial charge < -0.3 is 4.90 Å². The predicted molar refractivity (Wildman–Crippen MR) is 76.4 cm³/mol. The molecular formula is C16H21FN2O. The van der Waals surface area contributed by atoms with E-state index in [1.165, 1.54) is 18.9 Å². The number of hydrogen-bond donors (Lipinski definition) is 0. The fourth-order valence-electron chi connectivity index (χ4n) is 2.87. The van der Waals surface area contributed by atoms with E-state index in [0.29, 0.717) is 6.42 Å². The van der Waals surface area contributed by atoms with Gasteiger partial charge in [-0.3, -0.25) is 9.69 Å². The predicted octanol–water partition coefficient (Wildman–Crippen LogP) is 2.18. The molecule has 0 aromatic heterocycles. The van der Waals surface area contributed by atoms with E-state index in [0.717, 1.165) is 38.8 Å². The average Bonchev–Trinajstić information content (AvgIpc) is 3.30. The molecule has 3 rings (SSSR count). The Hall–Kier alpha value is -1.26. The second-order valence-electron chi connectivity index (χ2n) is 5.76. The van der Waals surface area contributed by atoms with Crippen molar-refractivity contribution in [2.75, 3.05) is 32.7 Å². The molecule has 108 valence electrons. The van der Waals surface area contributed by atoms with Crippen LogP contribution in [0.5, 0.6) is 0 Å². The van der Waals surface area contributed by atoms with Crippen LogP contribution in [0.3, 0.4) is 0 Å². The maximum absolute atomic E-state index is 13.5. The van der Waals surface area contributed by atoms with Crippen LogP contribution in [0.15, 0.2) is 24.3 Å². The number of piperazine rings is 1. The molecular weight excluding hydrogens is 255 g/mol. The van der Waals surface area contributed by atoms with Gasteiger partial charge in [0, 0.05) is 45.2 Å². The van der Waals surface area contributed by atoms with Gasteiger partial charge in [0.2, 0.25) is 0 Å². The monoisotopic (exact) mass is 276 g/mol. The Morgan fingerprint density at radius 3 is 2.50 bits per heavy atom. The first-order valence-corrected chi connectivity index (χ1v) is 7.48. The van der Waals surface area contributed by atoms with E-state index < -0.39 is 5.82 Å². The lowest BCUT2D eigenvalue weighted by Crippen LogP contribution is -2.47. The first-order valence-electron chi connectivity index (χ1n) is 7.48. The van der Waals surface area contributed by atoms with Gasteiger partial charge in [0.25, 0.3) is 0 Å². The summed E-state index contributed by atoms with van der Waals surface area (Å²) in [6, 6.07) is 7.08. The van der Waals surface area contributed by atoms with Gasteiger partial charge in [-0.1, -0.05) is 12.1 Å². The molecule has 0 atom stereocenters. The third-order valence-electron chi connectivity index (χ3n) is 4.30. The summed E-state index contributed by atoms with van der Waals surface area (Å²) in [5, 5.41) is 0. The van der Waals surface area contributed by atoms with Crippen LogP contribution in [0.1, 0.15) is 29.6 Å². The largest absolute Gasteiger partial charge is 0.300 e. The summed E-state index contributed by atoms with van der Waals surface area (Å²) in [5.41, 5.74) is 0.226. The van der Waals surface area contributed by atoms with Gasteiger partial charge in [-0.05, 0) is 25.0 Å². The fourth-order valence-corrected chi connectivity index (χ4v) is 2.87. The number of Topliss-reactive ketones (excluding diaryl/α,β-unsaturated/α-hetero) is 1. The van der Waals surface area contributed by atoms with Crippen LogP contribution < -0.4 is 0 Å². The second-order valence-corrected chi connectivity index (χ2v) is 5.76. The van der Waals surface area contributed by atoms with Crippen molar-refractivity contribution in [3.05, 3.63) is 35.6 Å². The molecule has 0 amide bonds. The molecule has 0 N–H and O–H groups in total. The number of hydrogen-bond acceptors (Lipinski definition) is 3. The topological polar surface area (TPSA) is 23.6 Å². The molecule has 1 saturated heterocycles. The highest BCUT2D eigenvalue weighted by Crippen LogP contribution is 2.27. The quantitative estimate of drug-likeness (QED) is 0.770. The molecule has 2 aliphatic rings. The third kappa shape index (κ3) is 3.25. The number of benzene rings is 1. The zero-order chi connectivity index (χ0) is 13.9. The van der Waals surface area contributed by atoms with Gasteiger partial charge in [-0.15, -0.1) is 0 Å². The summed E-state index contributed by atoms with van der Waals surface area (Å²) in [6.45, 7) is 5.02. The van der Waals surface area contributed by atoms with Crippen molar-refractivity contribution in [3.8, 4) is 0 Å². The lowest BCUT2D eigenvalue weighted by molar-refractivity contribution is 0.0918. The number of carbonyl (C=O) groups excluding carboxylic acids is 1. The van der Waals surface area contributed by atoms with E-state index in [-0.39, 0.29) is 11.3 Å². The zero-order valence-electron chi connectivity index (χ0n) is 11.7. The molecule has 0 spiro atoms. The molecule has 2 fully saturated rings. The van der Waals surface area contributed by atoms with E-state index in [9.17, 15) is 9.18 Å². The van der Waals surface area contributed by atoms with Crippen LogP contribution in [0.25, 0.3) is 0 Å². The molecule has 1 saturated carbocycles. The van der Waals surface area contributed by atoms with Gasteiger partial charge in [0.05, 0.1) is 5.56 Å². The van der Waals surface area contributed by atoms with Gasteiger partial charge >= 0.3 is 0 Å². The van der Waals surface area contributed by atoms with Crippen LogP contribution in [0, 0.1) is 5.82 Å². The van der Waals surface area contributed by atoms with Crippen LogP contribution >= 0.6 is 0 Å². The summed E-state index contributed by atoms with van der Waals surface area (Å²) in [4.78, 5) is 16.9. The normalized spacial score (nSPS) is 21.1. The standard InChI is InChI=1S/C16H21FN2O/c17-15-4-2-1-3-14(15)16(20)7-8-18-9-11-19(12-10-18)13-5-6-13/h1-4,13H,5-12H2. The van der Waals surface area contributed by atoms with Crippen LogP contribution in [0.4, 0.5) is 4.39 Å². The van der Waals surface area contributed by atoms with Crippen molar-refractivity contribution >= 4 is 5.78 Å². The lowest BCUT2D eigenvalue weighted by Gasteiger charge is -2.34. The summed E-state index contributed by atoms with van der Waals surface area (Å²) in [7, 11) is 0. The molecule has 1 aliphatic heterocycles. The van der Waals surface area contributed by atoms with Crippen molar-refractivity contribution in [2.45, 2.75) is 25.3 Å². The smallest absolute Gasteiger partial charge is 0.167 e. The Balaban J connectivity index is 1.45. The molecule has 1 aromatic rings. The molecule has 1 heterocycles. The summed E-state index contributed by atoms with van der Waals surface area (Å²) < 4.78 is 13.5. The Bertz CT molecular complexity index is 479. The van der Waals surface area contributed by atoms with Crippen LogP contribution in [0.2, 0.25) is 0 Å². The maximum atomic E-state index is 13.5. The highest BCUT2D eigenvalue weighted by molar-refractivity contribution is 5.96. The highest BCUT2D eigenvalue weighted by atomic mass is 19.1. The van der Waals surface area contributed by atoms with Crippen molar-refractivity contribution in [1.29, 1.82) is 0 Å². The second kappa shape index (κ2) is 6.02. The van der Waals surface area contributed by atoms with E-state index in [1.54, 1.807) is 18.2 Å². The summed E-state index contributed by atoms with van der Waals surface area (Å²) in [5.74, 6) is -0.497. The first-order chi connectivity index (χ1) is 9.74.